The second-order valence-electron chi connectivity index (χ2n) is 3.93. The van der Waals surface area contributed by atoms with Crippen molar-refractivity contribution in [3.05, 3.63) is 41.8 Å². The maximum Gasteiger partial charge on any atom is 0.284 e. The fraction of sp³-hybridized carbons (Fsp3) is 0.0769. The Morgan fingerprint density at radius 3 is 2.82 bits per heavy atom. The molecule has 0 radical (unpaired) electrons. The van der Waals surface area contributed by atoms with E-state index >= 15 is 0 Å². The number of aryl methyl sites for hydroxylation is 1. The number of nitrogens with zero attached hydrogens (tertiary/aromatic N) is 1. The molecular formula is C13H10N2O2. The number of carbonyl (C=O) groups is 1. The zero-order chi connectivity index (χ0) is 12.0. The number of hydrogen-bond donors (Lipinski definition) is 1. The van der Waals surface area contributed by atoms with Crippen LogP contribution in [0.5, 0.6) is 0 Å². The molecule has 3 rings (SSSR count). The summed E-state index contributed by atoms with van der Waals surface area (Å²) in [6, 6.07) is 9.29. The molecule has 0 saturated carbocycles. The van der Waals surface area contributed by atoms with E-state index in [1.54, 1.807) is 6.07 Å². The first-order chi connectivity index (χ1) is 8.16. The molecule has 0 saturated heterocycles. The predicted molar refractivity (Wildman–Crippen MR) is 64.8 cm³/mol. The number of para-hydroxylation sites is 1. The van der Waals surface area contributed by atoms with E-state index < -0.39 is 5.91 Å². The highest BCUT2D eigenvalue weighted by atomic mass is 16.3. The van der Waals surface area contributed by atoms with Gasteiger partial charge in [0.1, 0.15) is 5.58 Å². The van der Waals surface area contributed by atoms with Gasteiger partial charge in [0.2, 0.25) is 0 Å². The second kappa shape index (κ2) is 3.31. The van der Waals surface area contributed by atoms with Gasteiger partial charge in [0, 0.05) is 16.5 Å². The molecule has 4 heteroatoms. The van der Waals surface area contributed by atoms with Crippen molar-refractivity contribution < 1.29 is 9.21 Å². The Bertz CT molecular complexity index is 744. The summed E-state index contributed by atoms with van der Waals surface area (Å²) in [6.45, 7) is 1.88. The Morgan fingerprint density at radius 2 is 2.06 bits per heavy atom. The van der Waals surface area contributed by atoms with Gasteiger partial charge in [-0.1, -0.05) is 12.1 Å². The Labute approximate surface area is 97.0 Å². The molecule has 0 aliphatic carbocycles. The minimum absolute atomic E-state index is 0.168. The molecule has 0 atom stereocenters. The molecular weight excluding hydrogens is 216 g/mol. The van der Waals surface area contributed by atoms with Gasteiger partial charge in [-0.25, -0.2) is 0 Å². The average Bonchev–Trinajstić information content (AvgIpc) is 2.75. The van der Waals surface area contributed by atoms with Crippen molar-refractivity contribution in [2.45, 2.75) is 6.92 Å². The van der Waals surface area contributed by atoms with Gasteiger partial charge in [0.25, 0.3) is 5.91 Å². The molecule has 4 nitrogen and oxygen atoms in total. The molecule has 2 heterocycles. The van der Waals surface area contributed by atoms with Gasteiger partial charge in [-0.3, -0.25) is 9.78 Å². The van der Waals surface area contributed by atoms with Crippen LogP contribution in [0.15, 0.2) is 34.7 Å². The van der Waals surface area contributed by atoms with Crippen LogP contribution in [0, 0.1) is 6.92 Å². The third-order valence-corrected chi connectivity index (χ3v) is 2.80. The fourth-order valence-corrected chi connectivity index (χ4v) is 1.99. The number of furan rings is 1. The van der Waals surface area contributed by atoms with Crippen molar-refractivity contribution in [2.75, 3.05) is 0 Å². The van der Waals surface area contributed by atoms with Crippen molar-refractivity contribution in [1.82, 2.24) is 4.98 Å². The first-order valence-corrected chi connectivity index (χ1v) is 5.25. The maximum atomic E-state index is 11.1. The van der Waals surface area contributed by atoms with Crippen LogP contribution in [0.1, 0.15) is 16.2 Å². The highest BCUT2D eigenvalue weighted by molar-refractivity contribution is 6.06. The van der Waals surface area contributed by atoms with Crippen molar-refractivity contribution in [2.24, 2.45) is 5.73 Å². The van der Waals surface area contributed by atoms with E-state index in [2.05, 4.69) is 4.98 Å². The zero-order valence-corrected chi connectivity index (χ0v) is 9.23. The molecule has 0 aliphatic heterocycles. The molecule has 2 N–H and O–H groups in total. The van der Waals surface area contributed by atoms with E-state index in [0.717, 1.165) is 22.0 Å². The summed E-state index contributed by atoms with van der Waals surface area (Å²) in [7, 11) is 0. The van der Waals surface area contributed by atoms with Crippen LogP contribution in [0.3, 0.4) is 0 Å². The third-order valence-electron chi connectivity index (χ3n) is 2.80. The van der Waals surface area contributed by atoms with Gasteiger partial charge < -0.3 is 10.2 Å². The summed E-state index contributed by atoms with van der Waals surface area (Å²) in [5.41, 5.74) is 7.57. The number of pyridine rings is 1. The number of aromatic nitrogens is 1. The van der Waals surface area contributed by atoms with E-state index in [1.807, 2.05) is 31.2 Å². The van der Waals surface area contributed by atoms with Crippen LogP contribution in [0.25, 0.3) is 21.9 Å². The van der Waals surface area contributed by atoms with Crippen LogP contribution >= 0.6 is 0 Å². The Kier molecular flexibility index (Phi) is 1.92. The number of primary amides is 1. The number of benzene rings is 1. The molecule has 17 heavy (non-hydrogen) atoms. The topological polar surface area (TPSA) is 69.1 Å². The zero-order valence-electron chi connectivity index (χ0n) is 9.23. The van der Waals surface area contributed by atoms with E-state index in [4.69, 9.17) is 10.2 Å². The number of rotatable bonds is 1. The minimum Gasteiger partial charge on any atom is -0.450 e. The molecule has 0 aliphatic rings. The molecule has 0 spiro atoms. The van der Waals surface area contributed by atoms with Crippen molar-refractivity contribution in [1.29, 1.82) is 0 Å². The first kappa shape index (κ1) is 9.84. The fourth-order valence-electron chi connectivity index (χ4n) is 1.99. The van der Waals surface area contributed by atoms with Gasteiger partial charge in [0.15, 0.2) is 5.76 Å². The molecule has 1 aromatic carbocycles. The van der Waals surface area contributed by atoms with Crippen LogP contribution in [-0.4, -0.2) is 10.9 Å². The summed E-state index contributed by atoms with van der Waals surface area (Å²) < 4.78 is 5.51. The van der Waals surface area contributed by atoms with Crippen molar-refractivity contribution in [3.63, 3.8) is 0 Å². The summed E-state index contributed by atoms with van der Waals surface area (Å²) in [6.07, 6.45) is 0. The second-order valence-corrected chi connectivity index (χ2v) is 3.93. The van der Waals surface area contributed by atoms with E-state index in [9.17, 15) is 4.79 Å². The minimum atomic E-state index is -0.565. The standard InChI is InChI=1S/C13H10N2O2/c1-7-9-6-11(13(14)16)17-12(9)8-4-2-3-5-10(8)15-7/h2-6H,1H3,(H2,14,16). The Hall–Kier alpha value is -2.36. The monoisotopic (exact) mass is 226 g/mol. The van der Waals surface area contributed by atoms with E-state index in [0.29, 0.717) is 5.58 Å². The van der Waals surface area contributed by atoms with Gasteiger partial charge in [-0.05, 0) is 25.1 Å². The van der Waals surface area contributed by atoms with Gasteiger partial charge in [-0.2, -0.15) is 0 Å². The summed E-state index contributed by atoms with van der Waals surface area (Å²) in [5, 5.41) is 1.72. The predicted octanol–water partition coefficient (Wildman–Crippen LogP) is 2.39. The quantitative estimate of drug-likeness (QED) is 0.692. The smallest absolute Gasteiger partial charge is 0.284 e. The highest BCUT2D eigenvalue weighted by Gasteiger charge is 2.13. The number of amides is 1. The lowest BCUT2D eigenvalue weighted by molar-refractivity contribution is 0.0976. The number of fused-ring (bicyclic) bond motifs is 3. The Balaban J connectivity index is 2.51. The molecule has 2 aromatic heterocycles. The summed E-state index contributed by atoms with van der Waals surface area (Å²) >= 11 is 0. The highest BCUT2D eigenvalue weighted by Crippen LogP contribution is 2.28. The molecule has 0 bridgehead atoms. The van der Waals surface area contributed by atoms with Crippen LogP contribution in [0.2, 0.25) is 0 Å². The van der Waals surface area contributed by atoms with Crippen molar-refractivity contribution in [3.8, 4) is 0 Å². The normalized spacial score (nSPS) is 11.1. The van der Waals surface area contributed by atoms with Crippen LogP contribution in [-0.2, 0) is 0 Å². The maximum absolute atomic E-state index is 11.1. The number of nitrogens with two attached hydrogens (primary N) is 1. The third kappa shape index (κ3) is 1.38. The SMILES string of the molecule is Cc1nc2ccccc2c2oc(C(N)=O)cc12. The van der Waals surface area contributed by atoms with Gasteiger partial charge >= 0.3 is 0 Å². The van der Waals surface area contributed by atoms with Gasteiger partial charge in [-0.15, -0.1) is 0 Å². The van der Waals surface area contributed by atoms with Crippen LogP contribution in [0.4, 0.5) is 0 Å². The summed E-state index contributed by atoms with van der Waals surface area (Å²) in [4.78, 5) is 15.6. The van der Waals surface area contributed by atoms with E-state index in [1.165, 1.54) is 0 Å². The molecule has 3 aromatic rings. The molecule has 84 valence electrons. The average molecular weight is 226 g/mol. The number of carbonyl (C=O) groups excluding carboxylic acids is 1. The lowest BCUT2D eigenvalue weighted by Gasteiger charge is -2.00. The largest absolute Gasteiger partial charge is 0.450 e. The molecule has 0 unspecified atom stereocenters. The van der Waals surface area contributed by atoms with Crippen molar-refractivity contribution >= 4 is 27.8 Å². The molecule has 1 amide bonds. The Morgan fingerprint density at radius 1 is 1.29 bits per heavy atom. The summed E-state index contributed by atoms with van der Waals surface area (Å²) in [5.74, 6) is -0.397. The lowest BCUT2D eigenvalue weighted by atomic mass is 10.1. The van der Waals surface area contributed by atoms with Crippen LogP contribution < -0.4 is 5.73 Å². The molecule has 0 fully saturated rings. The van der Waals surface area contributed by atoms with E-state index in [-0.39, 0.29) is 5.76 Å². The number of hydrogen-bond acceptors (Lipinski definition) is 3. The lowest BCUT2D eigenvalue weighted by Crippen LogP contribution is -2.08. The van der Waals surface area contributed by atoms with Gasteiger partial charge in [0.05, 0.1) is 5.52 Å². The first-order valence-electron chi connectivity index (χ1n) is 5.25.